The first-order chi connectivity index (χ1) is 10.2. The van der Waals surface area contributed by atoms with Gasteiger partial charge in [0.1, 0.15) is 0 Å². The number of carbonyl (C=O) groups is 1. The van der Waals surface area contributed by atoms with Crippen molar-refractivity contribution < 1.29 is 4.79 Å². The highest BCUT2D eigenvalue weighted by Crippen LogP contribution is 2.27. The Hall–Kier alpha value is -1.64. The monoisotopic (exact) mass is 299 g/mol. The zero-order valence-electron chi connectivity index (χ0n) is 11.8. The molecule has 3 rings (SSSR count). The molecule has 1 aliphatic rings. The molecule has 0 bridgehead atoms. The zero-order chi connectivity index (χ0) is 14.7. The van der Waals surface area contributed by atoms with Gasteiger partial charge in [0.05, 0.1) is 6.54 Å². The summed E-state index contributed by atoms with van der Waals surface area (Å²) in [6.07, 6.45) is 0.867. The summed E-state index contributed by atoms with van der Waals surface area (Å²) in [7, 11) is 0. The number of halogens is 1. The molecule has 108 valence electrons. The minimum atomic E-state index is -0.00396. The van der Waals surface area contributed by atoms with Crippen LogP contribution in [0.3, 0.4) is 0 Å². The predicted octanol–water partition coefficient (Wildman–Crippen LogP) is 3.90. The quantitative estimate of drug-likeness (QED) is 0.857. The van der Waals surface area contributed by atoms with Crippen LogP contribution in [-0.2, 0) is 11.3 Å². The maximum atomic E-state index is 12.4. The zero-order valence-corrected chi connectivity index (χ0v) is 12.6. The van der Waals surface area contributed by atoms with Crippen molar-refractivity contribution in [3.8, 4) is 0 Å². The number of hydrogen-bond acceptors (Lipinski definition) is 2. The van der Waals surface area contributed by atoms with E-state index in [2.05, 4.69) is 17.0 Å². The molecular weight excluding hydrogens is 282 g/mol. The predicted molar refractivity (Wildman–Crippen MR) is 85.5 cm³/mol. The van der Waals surface area contributed by atoms with Crippen molar-refractivity contribution in [1.82, 2.24) is 4.90 Å². The van der Waals surface area contributed by atoms with Gasteiger partial charge in [-0.15, -0.1) is 0 Å². The van der Waals surface area contributed by atoms with Crippen LogP contribution < -0.4 is 0 Å². The summed E-state index contributed by atoms with van der Waals surface area (Å²) < 4.78 is 0. The average Bonchev–Trinajstić information content (AvgIpc) is 2.48. The molecule has 0 aromatic heterocycles. The highest BCUT2D eigenvalue weighted by Gasteiger charge is 2.28. The Morgan fingerprint density at radius 2 is 1.90 bits per heavy atom. The van der Waals surface area contributed by atoms with Gasteiger partial charge in [-0.2, -0.15) is 0 Å². The van der Waals surface area contributed by atoms with E-state index in [4.69, 9.17) is 11.6 Å². The molecule has 1 aliphatic heterocycles. The third-order valence-electron chi connectivity index (χ3n) is 4.00. The molecule has 1 fully saturated rings. The minimum absolute atomic E-state index is 0.00396. The molecule has 1 atom stereocenters. The number of Topliss-reactive ketones (excluding diaryl/α,β-unsaturated/α-hetero) is 1. The first-order valence-corrected chi connectivity index (χ1v) is 7.64. The Labute approximate surface area is 130 Å². The molecule has 1 heterocycles. The van der Waals surface area contributed by atoms with E-state index in [-0.39, 0.29) is 5.92 Å². The van der Waals surface area contributed by atoms with Gasteiger partial charge in [0, 0.05) is 17.5 Å². The first-order valence-electron chi connectivity index (χ1n) is 7.27. The maximum Gasteiger partial charge on any atom is 0.154 e. The van der Waals surface area contributed by atoms with Gasteiger partial charge in [-0.05, 0) is 36.2 Å². The molecule has 0 aliphatic carbocycles. The second-order valence-electron chi connectivity index (χ2n) is 5.56. The fourth-order valence-corrected chi connectivity index (χ4v) is 3.13. The lowest BCUT2D eigenvalue weighted by Gasteiger charge is -2.31. The normalized spacial score (nSPS) is 19.7. The summed E-state index contributed by atoms with van der Waals surface area (Å²) in [6, 6.07) is 18.0. The SMILES string of the molecule is O=C1CN(Cc2ccccc2)CCC1c1cccc(Cl)c1. The highest BCUT2D eigenvalue weighted by molar-refractivity contribution is 6.30. The average molecular weight is 300 g/mol. The van der Waals surface area contributed by atoms with E-state index in [0.717, 1.165) is 25.1 Å². The van der Waals surface area contributed by atoms with Crippen LogP contribution in [0.25, 0.3) is 0 Å². The third-order valence-corrected chi connectivity index (χ3v) is 4.24. The van der Waals surface area contributed by atoms with Gasteiger partial charge in [-0.25, -0.2) is 0 Å². The molecule has 1 unspecified atom stereocenters. The number of carbonyl (C=O) groups excluding carboxylic acids is 1. The topological polar surface area (TPSA) is 20.3 Å². The van der Waals surface area contributed by atoms with Gasteiger partial charge < -0.3 is 0 Å². The second-order valence-corrected chi connectivity index (χ2v) is 6.00. The second kappa shape index (κ2) is 6.42. The van der Waals surface area contributed by atoms with Gasteiger partial charge in [0.25, 0.3) is 0 Å². The molecule has 3 heteroatoms. The lowest BCUT2D eigenvalue weighted by Crippen LogP contribution is -2.39. The Balaban J connectivity index is 1.66. The van der Waals surface area contributed by atoms with E-state index < -0.39 is 0 Å². The van der Waals surface area contributed by atoms with Crippen LogP contribution in [0.2, 0.25) is 5.02 Å². The number of hydrogen-bond donors (Lipinski definition) is 0. The van der Waals surface area contributed by atoms with Crippen LogP contribution in [0.1, 0.15) is 23.5 Å². The molecular formula is C18H18ClNO. The summed E-state index contributed by atoms with van der Waals surface area (Å²) in [5, 5.41) is 0.701. The van der Waals surface area contributed by atoms with Gasteiger partial charge in [-0.1, -0.05) is 54.1 Å². The van der Waals surface area contributed by atoms with E-state index in [1.807, 2.05) is 42.5 Å². The van der Waals surface area contributed by atoms with E-state index >= 15 is 0 Å². The van der Waals surface area contributed by atoms with E-state index in [9.17, 15) is 4.79 Å². The molecule has 0 saturated carbocycles. The fraction of sp³-hybridized carbons (Fsp3) is 0.278. The number of piperidine rings is 1. The molecule has 2 nitrogen and oxygen atoms in total. The largest absolute Gasteiger partial charge is 0.298 e. The van der Waals surface area contributed by atoms with E-state index in [1.54, 1.807) is 0 Å². The standard InChI is InChI=1S/C18H18ClNO/c19-16-8-4-7-15(11-16)17-9-10-20(13-18(17)21)12-14-5-2-1-3-6-14/h1-8,11,17H,9-10,12-13H2. The third kappa shape index (κ3) is 3.52. The van der Waals surface area contributed by atoms with Crippen molar-refractivity contribution in [3.63, 3.8) is 0 Å². The Morgan fingerprint density at radius 1 is 1.10 bits per heavy atom. The van der Waals surface area contributed by atoms with E-state index in [0.29, 0.717) is 17.4 Å². The van der Waals surface area contributed by atoms with Crippen LogP contribution in [0.15, 0.2) is 54.6 Å². The summed E-state index contributed by atoms with van der Waals surface area (Å²) >= 11 is 6.03. The van der Waals surface area contributed by atoms with Gasteiger partial charge >= 0.3 is 0 Å². The summed E-state index contributed by atoms with van der Waals surface area (Å²) in [5.41, 5.74) is 2.30. The van der Waals surface area contributed by atoms with Crippen LogP contribution in [0, 0.1) is 0 Å². The van der Waals surface area contributed by atoms with Gasteiger partial charge in [0.15, 0.2) is 5.78 Å². The Bertz CT molecular complexity index is 626. The minimum Gasteiger partial charge on any atom is -0.298 e. The van der Waals surface area contributed by atoms with E-state index in [1.165, 1.54) is 5.56 Å². The van der Waals surface area contributed by atoms with Crippen LogP contribution >= 0.6 is 11.6 Å². The molecule has 0 N–H and O–H groups in total. The van der Waals surface area contributed by atoms with Crippen molar-refractivity contribution in [2.75, 3.05) is 13.1 Å². The smallest absolute Gasteiger partial charge is 0.154 e. The first kappa shape index (κ1) is 14.3. The molecule has 0 amide bonds. The Morgan fingerprint density at radius 3 is 2.62 bits per heavy atom. The van der Waals surface area contributed by atoms with Gasteiger partial charge in [0.2, 0.25) is 0 Å². The van der Waals surface area contributed by atoms with Crippen molar-refractivity contribution in [2.45, 2.75) is 18.9 Å². The highest BCUT2D eigenvalue weighted by atomic mass is 35.5. The lowest BCUT2D eigenvalue weighted by atomic mass is 9.88. The van der Waals surface area contributed by atoms with Crippen LogP contribution in [0.5, 0.6) is 0 Å². The molecule has 0 radical (unpaired) electrons. The maximum absolute atomic E-state index is 12.4. The molecule has 2 aromatic rings. The number of likely N-dealkylation sites (tertiary alicyclic amines) is 1. The number of ketones is 1. The summed E-state index contributed by atoms with van der Waals surface area (Å²) in [4.78, 5) is 14.6. The molecule has 0 spiro atoms. The number of nitrogens with zero attached hydrogens (tertiary/aromatic N) is 1. The lowest BCUT2D eigenvalue weighted by molar-refractivity contribution is -0.124. The van der Waals surface area contributed by atoms with Gasteiger partial charge in [-0.3, -0.25) is 9.69 Å². The summed E-state index contributed by atoms with van der Waals surface area (Å²) in [5.74, 6) is 0.287. The molecule has 2 aromatic carbocycles. The molecule has 21 heavy (non-hydrogen) atoms. The van der Waals surface area contributed by atoms with Crippen molar-refractivity contribution >= 4 is 17.4 Å². The Kier molecular flexibility index (Phi) is 4.37. The van der Waals surface area contributed by atoms with Crippen molar-refractivity contribution in [3.05, 3.63) is 70.7 Å². The van der Waals surface area contributed by atoms with Crippen LogP contribution in [0.4, 0.5) is 0 Å². The molecule has 1 saturated heterocycles. The fourth-order valence-electron chi connectivity index (χ4n) is 2.93. The number of benzene rings is 2. The summed E-state index contributed by atoms with van der Waals surface area (Å²) in [6.45, 7) is 2.30. The van der Waals surface area contributed by atoms with Crippen molar-refractivity contribution in [1.29, 1.82) is 0 Å². The van der Waals surface area contributed by atoms with Crippen LogP contribution in [-0.4, -0.2) is 23.8 Å². The number of rotatable bonds is 3. The van der Waals surface area contributed by atoms with Crippen molar-refractivity contribution in [2.24, 2.45) is 0 Å².